The van der Waals surface area contributed by atoms with Crippen molar-refractivity contribution >= 4 is 22.5 Å². The van der Waals surface area contributed by atoms with Crippen LogP contribution in [-0.4, -0.2) is 15.8 Å². The number of benzene rings is 2. The molecule has 0 amide bonds. The highest BCUT2D eigenvalue weighted by atomic mass is 35.5. The topological polar surface area (TPSA) is 25.2 Å². The fourth-order valence-corrected chi connectivity index (χ4v) is 3.66. The van der Waals surface area contributed by atoms with E-state index >= 15 is 0 Å². The summed E-state index contributed by atoms with van der Waals surface area (Å²) in [7, 11) is 0. The molecule has 1 atom stereocenters. The SMILES string of the molecule is OC1CCc2c(c3ccccc3n2Cc2ccc(Cl)cc2)C1. The van der Waals surface area contributed by atoms with Crippen molar-refractivity contribution in [3.8, 4) is 0 Å². The first kappa shape index (κ1) is 13.9. The van der Waals surface area contributed by atoms with Crippen molar-refractivity contribution in [2.45, 2.75) is 31.9 Å². The van der Waals surface area contributed by atoms with Gasteiger partial charge in [0.15, 0.2) is 0 Å². The molecule has 2 nitrogen and oxygen atoms in total. The second-order valence-corrected chi connectivity index (χ2v) is 6.49. The third kappa shape index (κ3) is 2.33. The lowest BCUT2D eigenvalue weighted by molar-refractivity contribution is 0.158. The summed E-state index contributed by atoms with van der Waals surface area (Å²) in [4.78, 5) is 0. The normalized spacial score (nSPS) is 17.6. The number of aliphatic hydroxyl groups is 1. The Morgan fingerprint density at radius 1 is 1.09 bits per heavy atom. The van der Waals surface area contributed by atoms with Crippen molar-refractivity contribution in [3.05, 3.63) is 70.4 Å². The van der Waals surface area contributed by atoms with Crippen molar-refractivity contribution in [1.29, 1.82) is 0 Å². The molecular weight excluding hydrogens is 294 g/mol. The highest BCUT2D eigenvalue weighted by Crippen LogP contribution is 2.32. The molecule has 112 valence electrons. The van der Waals surface area contributed by atoms with Crippen molar-refractivity contribution in [2.24, 2.45) is 0 Å². The van der Waals surface area contributed by atoms with Gasteiger partial charge >= 0.3 is 0 Å². The van der Waals surface area contributed by atoms with Crippen LogP contribution in [0.4, 0.5) is 0 Å². The molecule has 1 unspecified atom stereocenters. The Labute approximate surface area is 135 Å². The van der Waals surface area contributed by atoms with Crippen LogP contribution < -0.4 is 0 Å². The smallest absolute Gasteiger partial charge is 0.0585 e. The third-order valence-corrected chi connectivity index (χ3v) is 4.85. The largest absolute Gasteiger partial charge is 0.393 e. The van der Waals surface area contributed by atoms with Crippen LogP contribution in [-0.2, 0) is 19.4 Å². The predicted octanol–water partition coefficient (Wildman–Crippen LogP) is 4.19. The summed E-state index contributed by atoms with van der Waals surface area (Å²) in [6.07, 6.45) is 2.36. The van der Waals surface area contributed by atoms with Gasteiger partial charge in [0.05, 0.1) is 6.10 Å². The molecular formula is C19H18ClNO. The second-order valence-electron chi connectivity index (χ2n) is 6.05. The molecule has 0 fully saturated rings. The summed E-state index contributed by atoms with van der Waals surface area (Å²) >= 11 is 5.99. The Morgan fingerprint density at radius 3 is 2.68 bits per heavy atom. The molecule has 1 aromatic heterocycles. The van der Waals surface area contributed by atoms with Gasteiger partial charge in [0, 0.05) is 34.6 Å². The van der Waals surface area contributed by atoms with Crippen LogP contribution in [0.25, 0.3) is 10.9 Å². The Hall–Kier alpha value is -1.77. The molecule has 1 heterocycles. The zero-order valence-electron chi connectivity index (χ0n) is 12.3. The number of aromatic nitrogens is 1. The van der Waals surface area contributed by atoms with Crippen LogP contribution in [0.1, 0.15) is 23.2 Å². The molecule has 1 aliphatic rings. The summed E-state index contributed by atoms with van der Waals surface area (Å²) in [5.41, 5.74) is 5.21. The fourth-order valence-electron chi connectivity index (χ4n) is 3.54. The van der Waals surface area contributed by atoms with Crippen LogP contribution in [0.15, 0.2) is 48.5 Å². The molecule has 22 heavy (non-hydrogen) atoms. The minimum atomic E-state index is -0.206. The molecule has 0 saturated heterocycles. The van der Waals surface area contributed by atoms with Gasteiger partial charge in [-0.1, -0.05) is 41.9 Å². The zero-order valence-corrected chi connectivity index (χ0v) is 13.1. The van der Waals surface area contributed by atoms with Crippen molar-refractivity contribution in [3.63, 3.8) is 0 Å². The maximum Gasteiger partial charge on any atom is 0.0585 e. The van der Waals surface area contributed by atoms with E-state index in [1.54, 1.807) is 0 Å². The van der Waals surface area contributed by atoms with Gasteiger partial charge in [0.2, 0.25) is 0 Å². The Kier molecular flexibility index (Phi) is 3.44. The first-order valence-electron chi connectivity index (χ1n) is 7.74. The number of fused-ring (bicyclic) bond motifs is 3. The Balaban J connectivity index is 1.84. The standard InChI is InChI=1S/C19H18ClNO/c20-14-7-5-13(6-8-14)12-21-18-4-2-1-3-16(18)17-11-15(22)9-10-19(17)21/h1-8,15,22H,9-12H2. The highest BCUT2D eigenvalue weighted by molar-refractivity contribution is 6.30. The monoisotopic (exact) mass is 311 g/mol. The van der Waals surface area contributed by atoms with Crippen LogP contribution in [0.3, 0.4) is 0 Å². The van der Waals surface area contributed by atoms with Gasteiger partial charge in [-0.3, -0.25) is 0 Å². The van der Waals surface area contributed by atoms with Gasteiger partial charge in [0.1, 0.15) is 0 Å². The van der Waals surface area contributed by atoms with Gasteiger partial charge in [-0.05, 0) is 42.2 Å². The molecule has 0 radical (unpaired) electrons. The lowest BCUT2D eigenvalue weighted by atomic mass is 9.93. The summed E-state index contributed by atoms with van der Waals surface area (Å²) < 4.78 is 2.40. The van der Waals surface area contributed by atoms with Crippen molar-refractivity contribution in [2.75, 3.05) is 0 Å². The number of para-hydroxylation sites is 1. The lowest BCUT2D eigenvalue weighted by Gasteiger charge is -2.20. The van der Waals surface area contributed by atoms with Crippen LogP contribution in [0.5, 0.6) is 0 Å². The number of nitrogens with zero attached hydrogens (tertiary/aromatic N) is 1. The van der Waals surface area contributed by atoms with Gasteiger partial charge in [-0.25, -0.2) is 0 Å². The van der Waals surface area contributed by atoms with Crippen molar-refractivity contribution < 1.29 is 5.11 Å². The van der Waals surface area contributed by atoms with E-state index in [0.717, 1.165) is 30.8 Å². The fraction of sp³-hybridized carbons (Fsp3) is 0.263. The van der Waals surface area contributed by atoms with Gasteiger partial charge in [-0.15, -0.1) is 0 Å². The molecule has 0 spiro atoms. The molecule has 1 N–H and O–H groups in total. The molecule has 0 aliphatic heterocycles. The number of hydrogen-bond acceptors (Lipinski definition) is 1. The van der Waals surface area contributed by atoms with Gasteiger partial charge in [0.25, 0.3) is 0 Å². The molecule has 0 bridgehead atoms. The predicted molar refractivity (Wildman–Crippen MR) is 90.5 cm³/mol. The third-order valence-electron chi connectivity index (χ3n) is 4.60. The van der Waals surface area contributed by atoms with E-state index in [9.17, 15) is 5.11 Å². The summed E-state index contributed by atoms with van der Waals surface area (Å²) in [6, 6.07) is 16.6. The number of rotatable bonds is 2. The minimum Gasteiger partial charge on any atom is -0.393 e. The highest BCUT2D eigenvalue weighted by Gasteiger charge is 2.23. The average Bonchev–Trinajstić information content (AvgIpc) is 2.83. The van der Waals surface area contributed by atoms with Crippen molar-refractivity contribution in [1.82, 2.24) is 4.57 Å². The van der Waals surface area contributed by atoms with E-state index in [-0.39, 0.29) is 6.10 Å². The first-order chi connectivity index (χ1) is 10.7. The molecule has 4 rings (SSSR count). The van der Waals surface area contributed by atoms with E-state index in [1.807, 2.05) is 12.1 Å². The van der Waals surface area contributed by atoms with E-state index in [4.69, 9.17) is 11.6 Å². The molecule has 3 aromatic rings. The minimum absolute atomic E-state index is 0.206. The van der Waals surface area contributed by atoms with E-state index in [1.165, 1.54) is 27.7 Å². The van der Waals surface area contributed by atoms with E-state index < -0.39 is 0 Å². The molecule has 1 aliphatic carbocycles. The maximum absolute atomic E-state index is 10.0. The van der Waals surface area contributed by atoms with Crippen LogP contribution in [0, 0.1) is 0 Å². The second kappa shape index (κ2) is 5.45. The zero-order chi connectivity index (χ0) is 15.1. The Bertz CT molecular complexity index is 819. The maximum atomic E-state index is 10.0. The summed E-state index contributed by atoms with van der Waals surface area (Å²) in [6.45, 7) is 0.850. The lowest BCUT2D eigenvalue weighted by Crippen LogP contribution is -2.20. The molecule has 2 aromatic carbocycles. The number of halogens is 1. The summed E-state index contributed by atoms with van der Waals surface area (Å²) in [5, 5.41) is 12.1. The molecule has 0 saturated carbocycles. The number of aliphatic hydroxyl groups excluding tert-OH is 1. The Morgan fingerprint density at radius 2 is 1.86 bits per heavy atom. The first-order valence-corrected chi connectivity index (χ1v) is 8.11. The molecule has 3 heteroatoms. The summed E-state index contributed by atoms with van der Waals surface area (Å²) in [5.74, 6) is 0. The van der Waals surface area contributed by atoms with Crippen LogP contribution >= 0.6 is 11.6 Å². The van der Waals surface area contributed by atoms with Gasteiger partial charge in [-0.2, -0.15) is 0 Å². The van der Waals surface area contributed by atoms with Crippen LogP contribution in [0.2, 0.25) is 5.02 Å². The average molecular weight is 312 g/mol. The van der Waals surface area contributed by atoms with Gasteiger partial charge < -0.3 is 9.67 Å². The quantitative estimate of drug-likeness (QED) is 0.754. The van der Waals surface area contributed by atoms with E-state index in [0.29, 0.717) is 0 Å². The number of hydrogen-bond donors (Lipinski definition) is 1. The van der Waals surface area contributed by atoms with E-state index in [2.05, 4.69) is 41.0 Å².